The number of hydrogen-bond donors (Lipinski definition) is 2. The minimum atomic E-state index is -0.763. The van der Waals surface area contributed by atoms with Crippen LogP contribution in [-0.2, 0) is 16.6 Å². The van der Waals surface area contributed by atoms with Crippen LogP contribution in [-0.4, -0.2) is 32.2 Å². The number of amides is 1. The fourth-order valence-corrected chi connectivity index (χ4v) is 3.95. The molecule has 1 aliphatic heterocycles. The maximum absolute atomic E-state index is 13.4. The molecule has 1 aliphatic rings. The highest BCUT2D eigenvalue weighted by molar-refractivity contribution is 5.96. The number of rotatable bonds is 6. The number of esters is 1. The largest absolute Gasteiger partial charge is 0.454 e. The van der Waals surface area contributed by atoms with Crippen LogP contribution in [0.1, 0.15) is 68.0 Å². The number of ether oxygens (including phenoxy) is 1. The molecule has 8 nitrogen and oxygen atoms in total. The van der Waals surface area contributed by atoms with Crippen molar-refractivity contribution in [2.45, 2.75) is 51.9 Å². The molecule has 4 rings (SSSR count). The van der Waals surface area contributed by atoms with E-state index in [0.717, 1.165) is 16.5 Å². The van der Waals surface area contributed by atoms with Gasteiger partial charge >= 0.3 is 5.97 Å². The topological polar surface area (TPSA) is 98.1 Å². The van der Waals surface area contributed by atoms with Gasteiger partial charge in [0.2, 0.25) is 5.91 Å². The molecule has 0 aliphatic carbocycles. The molecule has 3 heterocycles. The first kappa shape index (κ1) is 22.0. The number of aromatic nitrogens is 3. The number of fused-ring (bicyclic) bond motifs is 1. The van der Waals surface area contributed by atoms with Crippen molar-refractivity contribution in [3.63, 3.8) is 0 Å². The summed E-state index contributed by atoms with van der Waals surface area (Å²) in [7, 11) is 1.82. The average molecular weight is 436 g/mol. The third-order valence-corrected chi connectivity index (χ3v) is 6.31. The number of nitrogens with one attached hydrogen (secondary N) is 2. The van der Waals surface area contributed by atoms with Crippen LogP contribution in [0.3, 0.4) is 0 Å². The van der Waals surface area contributed by atoms with Crippen LogP contribution >= 0.6 is 0 Å². The Hall–Kier alpha value is -3.26. The predicted octanol–water partition coefficient (Wildman–Crippen LogP) is 3.41. The third-order valence-electron chi connectivity index (χ3n) is 6.31. The fraction of sp³-hybridized carbons (Fsp3) is 0.417. The Morgan fingerprint density at radius 3 is 2.69 bits per heavy atom. The lowest BCUT2D eigenvalue weighted by Gasteiger charge is -2.26. The summed E-state index contributed by atoms with van der Waals surface area (Å²) >= 11 is 0. The van der Waals surface area contributed by atoms with Crippen LogP contribution in [0.5, 0.6) is 0 Å². The van der Waals surface area contributed by atoms with Crippen molar-refractivity contribution in [2.75, 3.05) is 0 Å². The summed E-state index contributed by atoms with van der Waals surface area (Å²) in [5.41, 5.74) is 1.59. The summed E-state index contributed by atoms with van der Waals surface area (Å²) < 4.78 is 7.57. The number of hydrogen-bond acceptors (Lipinski definition) is 6. The molecular formula is C24H29N5O3. The minimum Gasteiger partial charge on any atom is -0.454 e. The molecule has 3 atom stereocenters. The molecule has 2 aromatic heterocycles. The molecule has 8 heteroatoms. The molecule has 2 N–H and O–H groups in total. The summed E-state index contributed by atoms with van der Waals surface area (Å²) in [5.74, 6) is -0.546. The van der Waals surface area contributed by atoms with Gasteiger partial charge in [-0.2, -0.15) is 5.10 Å². The van der Waals surface area contributed by atoms with E-state index in [0.29, 0.717) is 17.7 Å². The van der Waals surface area contributed by atoms with Crippen molar-refractivity contribution >= 4 is 22.8 Å². The van der Waals surface area contributed by atoms with E-state index in [-0.39, 0.29) is 11.8 Å². The van der Waals surface area contributed by atoms with E-state index in [4.69, 9.17) is 9.72 Å². The maximum atomic E-state index is 13.4. The Bertz CT molecular complexity index is 1170. The number of aryl methyl sites for hydroxylation is 1. The van der Waals surface area contributed by atoms with Gasteiger partial charge < -0.3 is 10.1 Å². The van der Waals surface area contributed by atoms with E-state index in [9.17, 15) is 9.59 Å². The SMILES string of the molecule is CCC(OC(=O)c1cc2ccccc2nc1C1NC(=O)C(C)(C(C)C)N1)c1cnn(C)c1. The quantitative estimate of drug-likeness (QED) is 0.576. The molecular weight excluding hydrogens is 406 g/mol. The van der Waals surface area contributed by atoms with Crippen LogP contribution in [0.4, 0.5) is 0 Å². The molecule has 168 valence electrons. The van der Waals surface area contributed by atoms with E-state index < -0.39 is 23.8 Å². The van der Waals surface area contributed by atoms with Gasteiger partial charge in [0.05, 0.1) is 28.5 Å². The van der Waals surface area contributed by atoms with Crippen molar-refractivity contribution < 1.29 is 14.3 Å². The standard InChI is InChI=1S/C24H29N5O3/c1-6-19(16-12-25-29(5)13-16)32-22(30)17-11-15-9-7-8-10-18(15)26-20(17)21-27-23(31)24(4,28-21)14(2)3/h7-14,19,21,28H,6H2,1-5H3,(H,27,31). The van der Waals surface area contributed by atoms with Crippen molar-refractivity contribution in [1.29, 1.82) is 0 Å². The van der Waals surface area contributed by atoms with E-state index in [1.54, 1.807) is 16.9 Å². The first-order valence-corrected chi connectivity index (χ1v) is 10.9. The Morgan fingerprint density at radius 1 is 1.31 bits per heavy atom. The highest BCUT2D eigenvalue weighted by atomic mass is 16.5. The van der Waals surface area contributed by atoms with Crippen molar-refractivity contribution in [3.8, 4) is 0 Å². The molecule has 3 aromatic rings. The normalized spacial score (nSPS) is 21.7. The monoisotopic (exact) mass is 435 g/mol. The second-order valence-electron chi connectivity index (χ2n) is 8.77. The highest BCUT2D eigenvalue weighted by Gasteiger charge is 2.46. The van der Waals surface area contributed by atoms with Crippen LogP contribution in [0.15, 0.2) is 42.7 Å². The van der Waals surface area contributed by atoms with Gasteiger partial charge in [0.1, 0.15) is 12.3 Å². The second-order valence-corrected chi connectivity index (χ2v) is 8.77. The molecule has 1 amide bonds. The minimum absolute atomic E-state index is 0.0541. The van der Waals surface area contributed by atoms with E-state index in [1.807, 2.05) is 65.2 Å². The average Bonchev–Trinajstić information content (AvgIpc) is 3.34. The lowest BCUT2D eigenvalue weighted by molar-refractivity contribution is -0.125. The first-order chi connectivity index (χ1) is 15.2. The zero-order chi connectivity index (χ0) is 23.0. The fourth-order valence-electron chi connectivity index (χ4n) is 3.95. The summed E-state index contributed by atoms with van der Waals surface area (Å²) in [6.45, 7) is 7.79. The Kier molecular flexibility index (Phi) is 5.73. The number of nitrogens with zero attached hydrogens (tertiary/aromatic N) is 3. The van der Waals surface area contributed by atoms with Gasteiger partial charge in [-0.15, -0.1) is 0 Å². The molecule has 0 spiro atoms. The smallest absolute Gasteiger partial charge is 0.340 e. The number of para-hydroxylation sites is 1. The number of carbonyl (C=O) groups is 2. The maximum Gasteiger partial charge on any atom is 0.340 e. The molecule has 3 unspecified atom stereocenters. The summed E-state index contributed by atoms with van der Waals surface area (Å²) in [5, 5.41) is 11.3. The molecule has 0 bridgehead atoms. The second kappa shape index (κ2) is 8.35. The van der Waals surface area contributed by atoms with E-state index in [1.165, 1.54) is 0 Å². The summed E-state index contributed by atoms with van der Waals surface area (Å²) in [4.78, 5) is 30.9. The number of pyridine rings is 1. The van der Waals surface area contributed by atoms with Crippen molar-refractivity contribution in [1.82, 2.24) is 25.4 Å². The number of benzene rings is 1. The van der Waals surface area contributed by atoms with E-state index in [2.05, 4.69) is 15.7 Å². The predicted molar refractivity (Wildman–Crippen MR) is 121 cm³/mol. The van der Waals surface area contributed by atoms with Gasteiger partial charge in [0, 0.05) is 24.2 Å². The molecule has 1 saturated heterocycles. The van der Waals surface area contributed by atoms with Gasteiger partial charge in [-0.3, -0.25) is 14.8 Å². The third kappa shape index (κ3) is 3.86. The van der Waals surface area contributed by atoms with Gasteiger partial charge in [0.25, 0.3) is 0 Å². The number of carbonyl (C=O) groups excluding carboxylic acids is 2. The van der Waals surface area contributed by atoms with Gasteiger partial charge in [-0.05, 0) is 31.4 Å². The Morgan fingerprint density at radius 2 is 2.06 bits per heavy atom. The molecule has 1 fully saturated rings. The van der Waals surface area contributed by atoms with Crippen molar-refractivity contribution in [3.05, 3.63) is 59.5 Å². The first-order valence-electron chi connectivity index (χ1n) is 10.9. The zero-order valence-electron chi connectivity index (χ0n) is 19.0. The zero-order valence-corrected chi connectivity index (χ0v) is 19.0. The molecule has 32 heavy (non-hydrogen) atoms. The Labute approximate surface area is 187 Å². The van der Waals surface area contributed by atoms with Gasteiger partial charge in [0.15, 0.2) is 0 Å². The Balaban J connectivity index is 1.73. The van der Waals surface area contributed by atoms with E-state index >= 15 is 0 Å². The molecule has 1 aromatic carbocycles. The van der Waals surface area contributed by atoms with Gasteiger partial charge in [-0.1, -0.05) is 39.0 Å². The lowest BCUT2D eigenvalue weighted by atomic mass is 9.89. The molecule has 0 radical (unpaired) electrons. The summed E-state index contributed by atoms with van der Waals surface area (Å²) in [6.07, 6.45) is 3.13. The van der Waals surface area contributed by atoms with Crippen molar-refractivity contribution in [2.24, 2.45) is 13.0 Å². The van der Waals surface area contributed by atoms with Crippen LogP contribution in [0.25, 0.3) is 10.9 Å². The summed E-state index contributed by atoms with van der Waals surface area (Å²) in [6, 6.07) is 9.37. The van der Waals surface area contributed by atoms with Crippen LogP contribution in [0.2, 0.25) is 0 Å². The lowest BCUT2D eigenvalue weighted by Crippen LogP contribution is -2.48. The van der Waals surface area contributed by atoms with Crippen LogP contribution < -0.4 is 10.6 Å². The molecule has 0 saturated carbocycles. The highest BCUT2D eigenvalue weighted by Crippen LogP contribution is 2.31. The van der Waals surface area contributed by atoms with Gasteiger partial charge in [-0.25, -0.2) is 9.78 Å². The van der Waals surface area contributed by atoms with Crippen LogP contribution in [0, 0.1) is 5.92 Å².